The standard InChI is InChI=1S/C21H21Cl2N5O/c22-15-8-10-18(11-9-15)28(21(29)24-17-6-4-5-16(23)13-17)14-20-26-25-19-7-2-1-3-12-27(19)20/h4-6,8-11,13H,1-3,7,12,14H2,(H,24,29). The highest BCUT2D eigenvalue weighted by atomic mass is 35.5. The van der Waals surface area contributed by atoms with Crippen LogP contribution in [0.3, 0.4) is 0 Å². The summed E-state index contributed by atoms with van der Waals surface area (Å²) in [7, 11) is 0. The first kappa shape index (κ1) is 19.7. The Bertz CT molecular complexity index is 1000. The summed E-state index contributed by atoms with van der Waals surface area (Å²) in [5.41, 5.74) is 1.35. The number of halogens is 2. The number of nitrogens with one attached hydrogen (secondary N) is 1. The third kappa shape index (κ3) is 4.71. The van der Waals surface area contributed by atoms with Gasteiger partial charge in [-0.2, -0.15) is 0 Å². The average molecular weight is 430 g/mol. The van der Waals surface area contributed by atoms with Gasteiger partial charge in [-0.05, 0) is 55.3 Å². The SMILES string of the molecule is O=C(Nc1cccc(Cl)c1)N(Cc1nnc2n1CCCCC2)c1ccc(Cl)cc1. The van der Waals surface area contributed by atoms with Crippen LogP contribution in [0.2, 0.25) is 10.0 Å². The van der Waals surface area contributed by atoms with Crippen LogP contribution in [-0.4, -0.2) is 20.8 Å². The van der Waals surface area contributed by atoms with Gasteiger partial charge in [0.25, 0.3) is 0 Å². The molecule has 0 saturated carbocycles. The lowest BCUT2D eigenvalue weighted by Gasteiger charge is -2.23. The fraction of sp³-hybridized carbons (Fsp3) is 0.286. The van der Waals surface area contributed by atoms with Gasteiger partial charge in [0.1, 0.15) is 5.82 Å². The molecule has 0 atom stereocenters. The van der Waals surface area contributed by atoms with E-state index < -0.39 is 0 Å². The van der Waals surface area contributed by atoms with E-state index >= 15 is 0 Å². The summed E-state index contributed by atoms with van der Waals surface area (Å²) in [4.78, 5) is 14.8. The van der Waals surface area contributed by atoms with Crippen LogP contribution in [-0.2, 0) is 19.5 Å². The summed E-state index contributed by atoms with van der Waals surface area (Å²) in [5.74, 6) is 1.77. The number of amides is 2. The molecule has 150 valence electrons. The summed E-state index contributed by atoms with van der Waals surface area (Å²) < 4.78 is 2.14. The zero-order chi connectivity index (χ0) is 20.2. The van der Waals surface area contributed by atoms with Crippen molar-refractivity contribution in [2.75, 3.05) is 10.2 Å². The van der Waals surface area contributed by atoms with E-state index in [-0.39, 0.29) is 6.03 Å². The number of carbonyl (C=O) groups excluding carboxylic acids is 1. The van der Waals surface area contributed by atoms with Gasteiger partial charge in [-0.1, -0.05) is 35.7 Å². The Kier molecular flexibility index (Phi) is 6.02. The van der Waals surface area contributed by atoms with Gasteiger partial charge in [-0.25, -0.2) is 4.79 Å². The predicted octanol–water partition coefficient (Wildman–Crippen LogP) is 5.55. The summed E-state index contributed by atoms with van der Waals surface area (Å²) >= 11 is 12.1. The molecule has 1 aliphatic heterocycles. The van der Waals surface area contributed by atoms with E-state index in [1.165, 1.54) is 6.42 Å². The van der Waals surface area contributed by atoms with E-state index in [1.807, 2.05) is 12.1 Å². The Morgan fingerprint density at radius 3 is 2.66 bits per heavy atom. The Morgan fingerprint density at radius 1 is 1.03 bits per heavy atom. The molecule has 0 saturated heterocycles. The van der Waals surface area contributed by atoms with Crippen molar-refractivity contribution < 1.29 is 4.79 Å². The molecule has 2 heterocycles. The highest BCUT2D eigenvalue weighted by Crippen LogP contribution is 2.23. The molecule has 1 aromatic heterocycles. The first-order valence-corrected chi connectivity index (χ1v) is 10.4. The van der Waals surface area contributed by atoms with Gasteiger partial charge < -0.3 is 9.88 Å². The normalized spacial score (nSPS) is 13.4. The first-order chi connectivity index (χ1) is 14.1. The molecule has 3 aromatic rings. The van der Waals surface area contributed by atoms with Crippen molar-refractivity contribution >= 4 is 40.6 Å². The maximum atomic E-state index is 13.2. The predicted molar refractivity (Wildman–Crippen MR) is 116 cm³/mol. The van der Waals surface area contributed by atoms with Crippen LogP contribution in [0.4, 0.5) is 16.2 Å². The van der Waals surface area contributed by atoms with Crippen LogP contribution >= 0.6 is 23.2 Å². The second-order valence-corrected chi connectivity index (χ2v) is 7.87. The summed E-state index contributed by atoms with van der Waals surface area (Å²) in [5, 5.41) is 12.8. The zero-order valence-corrected chi connectivity index (χ0v) is 17.3. The van der Waals surface area contributed by atoms with Crippen molar-refractivity contribution in [3.8, 4) is 0 Å². The molecule has 8 heteroatoms. The number of carbonyl (C=O) groups is 1. The Labute approximate surface area is 179 Å². The molecule has 0 aliphatic carbocycles. The average Bonchev–Trinajstić information content (AvgIpc) is 2.93. The van der Waals surface area contributed by atoms with E-state index in [9.17, 15) is 4.79 Å². The fourth-order valence-corrected chi connectivity index (χ4v) is 3.78. The van der Waals surface area contributed by atoms with Gasteiger partial charge in [0.2, 0.25) is 0 Å². The number of fused-ring (bicyclic) bond motifs is 1. The summed E-state index contributed by atoms with van der Waals surface area (Å²) in [6.45, 7) is 1.18. The third-order valence-corrected chi connectivity index (χ3v) is 5.43. The van der Waals surface area contributed by atoms with Gasteiger partial charge in [-0.3, -0.25) is 4.90 Å². The van der Waals surface area contributed by atoms with Crippen molar-refractivity contribution in [2.24, 2.45) is 0 Å². The summed E-state index contributed by atoms with van der Waals surface area (Å²) in [6, 6.07) is 14.0. The third-order valence-electron chi connectivity index (χ3n) is 4.94. The molecule has 1 N–H and O–H groups in total. The van der Waals surface area contributed by atoms with Gasteiger partial charge in [0.15, 0.2) is 5.82 Å². The van der Waals surface area contributed by atoms with E-state index in [0.29, 0.717) is 22.3 Å². The number of urea groups is 1. The molecule has 0 spiro atoms. The van der Waals surface area contributed by atoms with Gasteiger partial charge in [0.05, 0.1) is 6.54 Å². The van der Waals surface area contributed by atoms with Crippen molar-refractivity contribution in [1.29, 1.82) is 0 Å². The van der Waals surface area contributed by atoms with E-state index in [0.717, 1.165) is 43.1 Å². The molecule has 4 rings (SSSR count). The second kappa shape index (κ2) is 8.84. The van der Waals surface area contributed by atoms with Gasteiger partial charge in [0, 0.05) is 34.4 Å². The number of aromatic nitrogens is 3. The van der Waals surface area contributed by atoms with Crippen molar-refractivity contribution in [1.82, 2.24) is 14.8 Å². The lowest BCUT2D eigenvalue weighted by molar-refractivity contribution is 0.256. The Hall–Kier alpha value is -2.57. The van der Waals surface area contributed by atoms with Crippen molar-refractivity contribution in [3.63, 3.8) is 0 Å². The Balaban J connectivity index is 1.63. The van der Waals surface area contributed by atoms with Crippen LogP contribution in [0, 0.1) is 0 Å². The number of rotatable bonds is 4. The molecular formula is C21H21Cl2N5O. The minimum Gasteiger partial charge on any atom is -0.313 e. The minimum absolute atomic E-state index is 0.277. The number of hydrogen-bond donors (Lipinski definition) is 1. The highest BCUT2D eigenvalue weighted by molar-refractivity contribution is 6.31. The molecule has 29 heavy (non-hydrogen) atoms. The molecule has 2 amide bonds. The number of aryl methyl sites for hydroxylation is 1. The maximum Gasteiger partial charge on any atom is 0.326 e. The molecular weight excluding hydrogens is 409 g/mol. The monoisotopic (exact) mass is 429 g/mol. The topological polar surface area (TPSA) is 63.1 Å². The highest BCUT2D eigenvalue weighted by Gasteiger charge is 2.22. The molecule has 0 unspecified atom stereocenters. The summed E-state index contributed by atoms with van der Waals surface area (Å²) in [6.07, 6.45) is 4.31. The lowest BCUT2D eigenvalue weighted by atomic mass is 10.2. The molecule has 0 radical (unpaired) electrons. The van der Waals surface area contributed by atoms with Gasteiger partial charge in [-0.15, -0.1) is 10.2 Å². The quantitative estimate of drug-likeness (QED) is 0.590. The molecule has 2 aromatic carbocycles. The van der Waals surface area contributed by atoms with Crippen LogP contribution in [0.1, 0.15) is 30.9 Å². The van der Waals surface area contributed by atoms with Gasteiger partial charge >= 0.3 is 6.03 Å². The molecule has 0 bridgehead atoms. The lowest BCUT2D eigenvalue weighted by Crippen LogP contribution is -2.35. The van der Waals surface area contributed by atoms with E-state index in [2.05, 4.69) is 20.1 Å². The van der Waals surface area contributed by atoms with Crippen LogP contribution in [0.5, 0.6) is 0 Å². The van der Waals surface area contributed by atoms with Crippen molar-refractivity contribution in [3.05, 3.63) is 70.2 Å². The first-order valence-electron chi connectivity index (χ1n) is 9.61. The van der Waals surface area contributed by atoms with E-state index in [1.54, 1.807) is 41.3 Å². The Morgan fingerprint density at radius 2 is 1.86 bits per heavy atom. The largest absolute Gasteiger partial charge is 0.326 e. The fourth-order valence-electron chi connectivity index (χ4n) is 3.46. The molecule has 6 nitrogen and oxygen atoms in total. The molecule has 0 fully saturated rings. The minimum atomic E-state index is -0.277. The number of benzene rings is 2. The number of hydrogen-bond acceptors (Lipinski definition) is 3. The zero-order valence-electron chi connectivity index (χ0n) is 15.8. The van der Waals surface area contributed by atoms with Crippen LogP contribution in [0.15, 0.2) is 48.5 Å². The smallest absolute Gasteiger partial charge is 0.313 e. The van der Waals surface area contributed by atoms with E-state index in [4.69, 9.17) is 23.2 Å². The number of anilines is 2. The number of nitrogens with zero attached hydrogens (tertiary/aromatic N) is 4. The van der Waals surface area contributed by atoms with Crippen LogP contribution < -0.4 is 10.2 Å². The second-order valence-electron chi connectivity index (χ2n) is 7.00. The molecule has 1 aliphatic rings. The van der Waals surface area contributed by atoms with Crippen molar-refractivity contribution in [2.45, 2.75) is 38.8 Å². The maximum absolute atomic E-state index is 13.2. The van der Waals surface area contributed by atoms with Crippen LogP contribution in [0.25, 0.3) is 0 Å².